The molecule has 3 rings (SSSR count). The van der Waals surface area contributed by atoms with Gasteiger partial charge >= 0.3 is 0 Å². The lowest BCUT2D eigenvalue weighted by Crippen LogP contribution is -2.30. The lowest BCUT2D eigenvalue weighted by Gasteiger charge is -2.18. The van der Waals surface area contributed by atoms with Crippen molar-refractivity contribution >= 4 is 5.91 Å². The maximum Gasteiger partial charge on any atom is 0.253 e. The number of hydrogen-bond acceptors (Lipinski definition) is 3. The summed E-state index contributed by atoms with van der Waals surface area (Å²) in [5.41, 5.74) is 1.16. The van der Waals surface area contributed by atoms with Gasteiger partial charge in [0.15, 0.2) is 0 Å². The highest BCUT2D eigenvalue weighted by atomic mass is 16.2. The molecule has 1 unspecified atom stereocenters. The molecule has 3 N–H and O–H groups in total. The summed E-state index contributed by atoms with van der Waals surface area (Å²) in [7, 11) is 0. The Balaban J connectivity index is 1.82. The zero-order valence-corrected chi connectivity index (χ0v) is 12.3. The number of nitrogens with one attached hydrogen (secondary N) is 3. The third kappa shape index (κ3) is 3.74. The Morgan fingerprint density at radius 2 is 1.96 bits per heavy atom. The lowest BCUT2D eigenvalue weighted by molar-refractivity contribution is 0.0936. The van der Waals surface area contributed by atoms with Crippen LogP contribution in [-0.2, 0) is 6.42 Å². The molecule has 1 aromatic carbocycles. The fourth-order valence-corrected chi connectivity index (χ4v) is 2.33. The molecule has 0 saturated heterocycles. The van der Waals surface area contributed by atoms with Crippen molar-refractivity contribution in [2.45, 2.75) is 12.5 Å². The number of nitrogens with zero attached hydrogens (tertiary/aromatic N) is 1. The van der Waals surface area contributed by atoms with E-state index in [9.17, 15) is 9.59 Å². The number of amides is 1. The van der Waals surface area contributed by atoms with Gasteiger partial charge in [-0.05, 0) is 11.6 Å². The summed E-state index contributed by atoms with van der Waals surface area (Å²) in [5, 5.41) is 2.99. The molecule has 0 spiro atoms. The van der Waals surface area contributed by atoms with Crippen molar-refractivity contribution in [3.8, 4) is 0 Å². The van der Waals surface area contributed by atoms with Gasteiger partial charge in [-0.2, -0.15) is 0 Å². The topological polar surface area (TPSA) is 90.6 Å². The Morgan fingerprint density at radius 3 is 2.61 bits per heavy atom. The van der Waals surface area contributed by atoms with Crippen LogP contribution in [0.5, 0.6) is 0 Å². The number of benzene rings is 1. The van der Waals surface area contributed by atoms with Crippen molar-refractivity contribution in [2.75, 3.05) is 0 Å². The first-order chi connectivity index (χ1) is 11.2. The zero-order chi connectivity index (χ0) is 16.1. The molecular formula is C17H16N4O2. The Hall–Kier alpha value is -3.15. The smallest absolute Gasteiger partial charge is 0.253 e. The molecule has 23 heavy (non-hydrogen) atoms. The third-order valence-corrected chi connectivity index (χ3v) is 3.51. The largest absolute Gasteiger partial charge is 0.349 e. The molecule has 0 aliphatic rings. The van der Waals surface area contributed by atoms with Crippen LogP contribution in [0.4, 0.5) is 0 Å². The van der Waals surface area contributed by atoms with E-state index in [0.717, 1.165) is 11.4 Å². The van der Waals surface area contributed by atoms with Gasteiger partial charge in [-0.1, -0.05) is 30.3 Å². The van der Waals surface area contributed by atoms with Crippen molar-refractivity contribution in [1.82, 2.24) is 20.3 Å². The summed E-state index contributed by atoms with van der Waals surface area (Å²) < 4.78 is 0. The molecule has 0 saturated carbocycles. The average molecular weight is 308 g/mol. The molecule has 2 heterocycles. The fraction of sp³-hybridized carbons (Fsp3) is 0.118. The summed E-state index contributed by atoms with van der Waals surface area (Å²) >= 11 is 0. The van der Waals surface area contributed by atoms with E-state index < -0.39 is 0 Å². The standard InChI is InChI=1S/C17H16N4O2/c22-16-7-6-13(11-20-16)17(23)21-14(10-15-18-8-9-19-15)12-4-2-1-3-5-12/h1-9,11,14H,10H2,(H,18,19)(H,20,22)(H,21,23). The molecule has 3 aromatic rings. The van der Waals surface area contributed by atoms with E-state index in [2.05, 4.69) is 20.3 Å². The quantitative estimate of drug-likeness (QED) is 0.671. The van der Waals surface area contributed by atoms with E-state index in [1.54, 1.807) is 12.4 Å². The van der Waals surface area contributed by atoms with E-state index in [4.69, 9.17) is 0 Å². The Kier molecular flexibility index (Phi) is 4.33. The maximum absolute atomic E-state index is 12.4. The van der Waals surface area contributed by atoms with Crippen molar-refractivity contribution in [3.63, 3.8) is 0 Å². The summed E-state index contributed by atoms with van der Waals surface area (Å²) in [6, 6.07) is 12.3. The van der Waals surface area contributed by atoms with E-state index >= 15 is 0 Å². The number of H-pyrrole nitrogens is 2. The summed E-state index contributed by atoms with van der Waals surface area (Å²) in [6.07, 6.45) is 5.39. The normalized spacial score (nSPS) is 11.8. The van der Waals surface area contributed by atoms with Gasteiger partial charge in [-0.25, -0.2) is 4.98 Å². The minimum absolute atomic E-state index is 0.221. The molecule has 1 amide bonds. The predicted molar refractivity (Wildman–Crippen MR) is 86.0 cm³/mol. The van der Waals surface area contributed by atoms with Crippen LogP contribution in [0.1, 0.15) is 27.8 Å². The second-order valence-corrected chi connectivity index (χ2v) is 5.12. The van der Waals surface area contributed by atoms with E-state index in [1.165, 1.54) is 18.3 Å². The van der Waals surface area contributed by atoms with Crippen LogP contribution in [0.25, 0.3) is 0 Å². The number of pyridine rings is 1. The van der Waals surface area contributed by atoms with Gasteiger partial charge in [0.2, 0.25) is 5.56 Å². The molecule has 6 nitrogen and oxygen atoms in total. The predicted octanol–water partition coefficient (Wildman–Crippen LogP) is 1.81. The van der Waals surface area contributed by atoms with E-state index in [-0.39, 0.29) is 17.5 Å². The van der Waals surface area contributed by atoms with Crippen LogP contribution in [0.15, 0.2) is 65.8 Å². The number of aromatic amines is 2. The first kappa shape index (κ1) is 14.8. The van der Waals surface area contributed by atoms with Crippen LogP contribution in [0, 0.1) is 0 Å². The summed E-state index contributed by atoms with van der Waals surface area (Å²) in [4.78, 5) is 33.3. The minimum Gasteiger partial charge on any atom is -0.349 e. The minimum atomic E-state index is -0.248. The van der Waals surface area contributed by atoms with Gasteiger partial charge in [0, 0.05) is 31.1 Å². The highest BCUT2D eigenvalue weighted by molar-refractivity contribution is 5.94. The molecule has 6 heteroatoms. The van der Waals surface area contributed by atoms with Crippen LogP contribution in [-0.4, -0.2) is 20.9 Å². The fourth-order valence-electron chi connectivity index (χ4n) is 2.33. The van der Waals surface area contributed by atoms with E-state index in [0.29, 0.717) is 12.0 Å². The first-order valence-corrected chi connectivity index (χ1v) is 7.25. The van der Waals surface area contributed by atoms with Gasteiger partial charge in [0.05, 0.1) is 11.6 Å². The summed E-state index contributed by atoms with van der Waals surface area (Å²) in [6.45, 7) is 0. The zero-order valence-electron chi connectivity index (χ0n) is 12.3. The number of aromatic nitrogens is 3. The highest BCUT2D eigenvalue weighted by Gasteiger charge is 2.17. The average Bonchev–Trinajstić information content (AvgIpc) is 3.09. The van der Waals surface area contributed by atoms with Crippen molar-refractivity contribution in [1.29, 1.82) is 0 Å². The number of carbonyl (C=O) groups excluding carboxylic acids is 1. The molecule has 0 bridgehead atoms. The molecule has 0 aliphatic carbocycles. The number of hydrogen-bond donors (Lipinski definition) is 3. The van der Waals surface area contributed by atoms with Crippen molar-refractivity contribution < 1.29 is 4.79 Å². The van der Waals surface area contributed by atoms with Gasteiger partial charge in [-0.3, -0.25) is 9.59 Å². The Labute approximate surface area is 132 Å². The van der Waals surface area contributed by atoms with E-state index in [1.807, 2.05) is 30.3 Å². The monoisotopic (exact) mass is 308 g/mol. The highest BCUT2D eigenvalue weighted by Crippen LogP contribution is 2.17. The molecule has 0 fully saturated rings. The van der Waals surface area contributed by atoms with Gasteiger partial charge < -0.3 is 15.3 Å². The number of imidazole rings is 1. The SMILES string of the molecule is O=C(NC(Cc1ncc[nH]1)c1ccccc1)c1ccc(=O)[nH]c1. The second-order valence-electron chi connectivity index (χ2n) is 5.12. The van der Waals surface area contributed by atoms with Crippen LogP contribution in [0.3, 0.4) is 0 Å². The van der Waals surface area contributed by atoms with Crippen molar-refractivity contribution in [3.05, 3.63) is 88.4 Å². The van der Waals surface area contributed by atoms with Gasteiger partial charge in [-0.15, -0.1) is 0 Å². The summed E-state index contributed by atoms with van der Waals surface area (Å²) in [5.74, 6) is 0.544. The molecule has 0 radical (unpaired) electrons. The second kappa shape index (κ2) is 6.74. The molecule has 0 aliphatic heterocycles. The Bertz CT molecular complexity index is 805. The molecule has 2 aromatic heterocycles. The van der Waals surface area contributed by atoms with Crippen LogP contribution >= 0.6 is 0 Å². The van der Waals surface area contributed by atoms with Crippen molar-refractivity contribution in [2.24, 2.45) is 0 Å². The lowest BCUT2D eigenvalue weighted by atomic mass is 10.0. The third-order valence-electron chi connectivity index (χ3n) is 3.51. The molecule has 1 atom stereocenters. The van der Waals surface area contributed by atoms with Gasteiger partial charge in [0.1, 0.15) is 5.82 Å². The molecular weight excluding hydrogens is 292 g/mol. The number of carbonyl (C=O) groups is 1. The van der Waals surface area contributed by atoms with Crippen LogP contribution < -0.4 is 10.9 Å². The first-order valence-electron chi connectivity index (χ1n) is 7.25. The Morgan fingerprint density at radius 1 is 1.13 bits per heavy atom. The number of rotatable bonds is 5. The maximum atomic E-state index is 12.4. The molecule has 116 valence electrons. The van der Waals surface area contributed by atoms with Gasteiger partial charge in [0.25, 0.3) is 5.91 Å². The van der Waals surface area contributed by atoms with Crippen LogP contribution in [0.2, 0.25) is 0 Å².